The summed E-state index contributed by atoms with van der Waals surface area (Å²) in [6.07, 6.45) is 3.68. The number of methoxy groups -OCH3 is 1. The van der Waals surface area contributed by atoms with Crippen LogP contribution >= 0.6 is 0 Å². The average Bonchev–Trinajstić information content (AvgIpc) is 2.09. The fourth-order valence-corrected chi connectivity index (χ4v) is 0.987. The highest BCUT2D eigenvalue weighted by Gasteiger charge is 2.22. The van der Waals surface area contributed by atoms with Crippen molar-refractivity contribution in [1.29, 1.82) is 0 Å². The highest BCUT2D eigenvalue weighted by atomic mass is 16.5. The summed E-state index contributed by atoms with van der Waals surface area (Å²) in [6, 6.07) is 0. The van der Waals surface area contributed by atoms with Crippen molar-refractivity contribution in [2.24, 2.45) is 0 Å². The number of rotatable bonds is 2. The van der Waals surface area contributed by atoms with Crippen LogP contribution in [0.25, 0.3) is 0 Å². The fourth-order valence-electron chi connectivity index (χ4n) is 0.987. The summed E-state index contributed by atoms with van der Waals surface area (Å²) >= 11 is 0. The van der Waals surface area contributed by atoms with Gasteiger partial charge < -0.3 is 4.74 Å². The predicted octanol–water partition coefficient (Wildman–Crippen LogP) is 1.00. The van der Waals surface area contributed by atoms with Crippen molar-refractivity contribution in [2.45, 2.75) is 13.3 Å². The first-order valence-corrected chi connectivity index (χ1v) is 3.74. The highest BCUT2D eigenvalue weighted by molar-refractivity contribution is 6.47. The Morgan fingerprint density at radius 1 is 1.33 bits per heavy atom. The number of Topliss-reactive ketones (excluding diaryl/α,β-unsaturated/α-hetero) is 1. The number of carbonyl (C=O) groups excluding carboxylic acids is 2. The van der Waals surface area contributed by atoms with Crippen LogP contribution in [-0.4, -0.2) is 18.7 Å². The van der Waals surface area contributed by atoms with E-state index in [0.29, 0.717) is 0 Å². The Balaban J connectivity index is 3.00. The molecule has 1 aliphatic rings. The number of hydrogen-bond acceptors (Lipinski definition) is 3. The van der Waals surface area contributed by atoms with E-state index in [-0.39, 0.29) is 5.76 Å². The standard InChI is InChI=1S/C9H10O3/c1-3-6-4-7(10)9(11)8(5-6)12-2/h4-5H,3H2,1-2H3. The van der Waals surface area contributed by atoms with E-state index in [9.17, 15) is 9.59 Å². The molecule has 64 valence electrons. The van der Waals surface area contributed by atoms with Gasteiger partial charge in [-0.3, -0.25) is 9.59 Å². The normalized spacial score (nSPS) is 17.2. The zero-order valence-electron chi connectivity index (χ0n) is 7.09. The van der Waals surface area contributed by atoms with Crippen molar-refractivity contribution >= 4 is 11.6 Å². The van der Waals surface area contributed by atoms with Crippen LogP contribution in [0.4, 0.5) is 0 Å². The Morgan fingerprint density at radius 3 is 2.50 bits per heavy atom. The molecule has 0 saturated carbocycles. The molecule has 3 heteroatoms. The Bertz CT molecular complexity index is 284. The van der Waals surface area contributed by atoms with Crippen LogP contribution in [-0.2, 0) is 14.3 Å². The van der Waals surface area contributed by atoms with Gasteiger partial charge in [0.15, 0.2) is 5.76 Å². The second-order valence-corrected chi connectivity index (χ2v) is 2.48. The third kappa shape index (κ3) is 1.44. The molecule has 0 spiro atoms. The summed E-state index contributed by atoms with van der Waals surface area (Å²) in [5.41, 5.74) is 0.830. The van der Waals surface area contributed by atoms with Crippen molar-refractivity contribution in [3.8, 4) is 0 Å². The van der Waals surface area contributed by atoms with Crippen LogP contribution in [0.15, 0.2) is 23.5 Å². The monoisotopic (exact) mass is 166 g/mol. The SMILES string of the molecule is CCC1=CC(=O)C(=O)C(OC)=C1. The molecule has 1 aliphatic carbocycles. The summed E-state index contributed by atoms with van der Waals surface area (Å²) < 4.78 is 4.76. The minimum absolute atomic E-state index is 0.138. The van der Waals surface area contributed by atoms with Gasteiger partial charge in [0.25, 0.3) is 5.78 Å². The van der Waals surface area contributed by atoms with Gasteiger partial charge >= 0.3 is 0 Å². The zero-order chi connectivity index (χ0) is 9.14. The number of carbonyl (C=O) groups is 2. The molecule has 3 nitrogen and oxygen atoms in total. The van der Waals surface area contributed by atoms with Gasteiger partial charge in [-0.1, -0.05) is 6.92 Å². The molecule has 0 saturated heterocycles. The molecule has 0 amide bonds. The summed E-state index contributed by atoms with van der Waals surface area (Å²) in [5.74, 6) is -0.916. The van der Waals surface area contributed by atoms with Gasteiger partial charge in [-0.2, -0.15) is 0 Å². The van der Waals surface area contributed by atoms with Gasteiger partial charge in [-0.05, 0) is 24.1 Å². The molecule has 12 heavy (non-hydrogen) atoms. The molecule has 0 radical (unpaired) electrons. The molecule has 0 fully saturated rings. The van der Waals surface area contributed by atoms with Crippen LogP contribution in [0.1, 0.15) is 13.3 Å². The second kappa shape index (κ2) is 3.34. The third-order valence-corrected chi connectivity index (χ3v) is 1.71. The molecular formula is C9H10O3. The Kier molecular flexibility index (Phi) is 2.43. The molecule has 0 atom stereocenters. The Hall–Kier alpha value is -1.38. The van der Waals surface area contributed by atoms with E-state index in [1.165, 1.54) is 13.2 Å². The van der Waals surface area contributed by atoms with Gasteiger partial charge in [0.05, 0.1) is 7.11 Å². The van der Waals surface area contributed by atoms with Gasteiger partial charge in [0.1, 0.15) is 0 Å². The zero-order valence-corrected chi connectivity index (χ0v) is 7.09. The van der Waals surface area contributed by atoms with E-state index >= 15 is 0 Å². The van der Waals surface area contributed by atoms with Crippen LogP contribution in [0.3, 0.4) is 0 Å². The van der Waals surface area contributed by atoms with Gasteiger partial charge in [-0.25, -0.2) is 0 Å². The molecule has 1 rings (SSSR count). The van der Waals surface area contributed by atoms with Crippen LogP contribution in [0.2, 0.25) is 0 Å². The minimum atomic E-state index is -0.560. The highest BCUT2D eigenvalue weighted by Crippen LogP contribution is 2.14. The van der Waals surface area contributed by atoms with Crippen molar-refractivity contribution in [3.63, 3.8) is 0 Å². The fraction of sp³-hybridized carbons (Fsp3) is 0.333. The molecule has 0 bridgehead atoms. The van der Waals surface area contributed by atoms with Crippen molar-refractivity contribution in [2.75, 3.05) is 7.11 Å². The maximum Gasteiger partial charge on any atom is 0.267 e. The van der Waals surface area contributed by atoms with Crippen LogP contribution in [0.5, 0.6) is 0 Å². The van der Waals surface area contributed by atoms with Crippen molar-refractivity contribution < 1.29 is 14.3 Å². The first-order valence-electron chi connectivity index (χ1n) is 3.74. The third-order valence-electron chi connectivity index (χ3n) is 1.71. The summed E-state index contributed by atoms with van der Waals surface area (Å²) in [7, 11) is 1.38. The molecule has 0 N–H and O–H groups in total. The topological polar surface area (TPSA) is 43.4 Å². The van der Waals surface area contributed by atoms with Gasteiger partial charge in [-0.15, -0.1) is 0 Å². The Morgan fingerprint density at radius 2 is 2.00 bits per heavy atom. The number of ketones is 2. The van der Waals surface area contributed by atoms with E-state index in [2.05, 4.69) is 0 Å². The molecule has 0 aromatic heterocycles. The van der Waals surface area contributed by atoms with E-state index < -0.39 is 11.6 Å². The van der Waals surface area contributed by atoms with E-state index in [1.807, 2.05) is 6.92 Å². The number of hydrogen-bond donors (Lipinski definition) is 0. The maximum absolute atomic E-state index is 11.0. The van der Waals surface area contributed by atoms with Crippen LogP contribution in [0, 0.1) is 0 Å². The van der Waals surface area contributed by atoms with Crippen molar-refractivity contribution in [3.05, 3.63) is 23.5 Å². The van der Waals surface area contributed by atoms with Gasteiger partial charge in [0.2, 0.25) is 5.78 Å². The lowest BCUT2D eigenvalue weighted by Crippen LogP contribution is -2.19. The molecule has 0 aromatic rings. The molecule has 0 heterocycles. The molecule has 0 aliphatic heterocycles. The first kappa shape index (κ1) is 8.71. The summed E-state index contributed by atoms with van der Waals surface area (Å²) in [6.45, 7) is 1.92. The quantitative estimate of drug-likeness (QED) is 0.454. The molecular weight excluding hydrogens is 156 g/mol. The number of ether oxygens (including phenoxy) is 1. The van der Waals surface area contributed by atoms with Crippen LogP contribution < -0.4 is 0 Å². The van der Waals surface area contributed by atoms with E-state index in [1.54, 1.807) is 6.08 Å². The van der Waals surface area contributed by atoms with E-state index in [4.69, 9.17) is 4.74 Å². The van der Waals surface area contributed by atoms with Gasteiger partial charge in [0, 0.05) is 0 Å². The van der Waals surface area contributed by atoms with E-state index in [0.717, 1.165) is 12.0 Å². The summed E-state index contributed by atoms with van der Waals surface area (Å²) in [4.78, 5) is 22.0. The minimum Gasteiger partial charge on any atom is -0.492 e. The average molecular weight is 166 g/mol. The predicted molar refractivity (Wildman–Crippen MR) is 43.5 cm³/mol. The molecule has 0 unspecified atom stereocenters. The molecule has 0 aromatic carbocycles. The number of allylic oxidation sites excluding steroid dienone is 4. The smallest absolute Gasteiger partial charge is 0.267 e. The summed E-state index contributed by atoms with van der Waals surface area (Å²) in [5, 5.41) is 0. The Labute approximate surface area is 70.7 Å². The first-order chi connectivity index (χ1) is 5.69. The second-order valence-electron chi connectivity index (χ2n) is 2.48. The maximum atomic E-state index is 11.0. The largest absolute Gasteiger partial charge is 0.492 e. The van der Waals surface area contributed by atoms with Crippen molar-refractivity contribution in [1.82, 2.24) is 0 Å². The lowest BCUT2D eigenvalue weighted by molar-refractivity contribution is -0.133. The lowest BCUT2D eigenvalue weighted by atomic mass is 10.0. The lowest BCUT2D eigenvalue weighted by Gasteiger charge is -2.08.